The maximum Gasteiger partial charge on any atom is 0.251 e. The van der Waals surface area contributed by atoms with Crippen molar-refractivity contribution in [3.63, 3.8) is 0 Å². The molecule has 30 heavy (non-hydrogen) atoms. The number of hydrogen-bond acceptors (Lipinski definition) is 6. The maximum absolute atomic E-state index is 12.3. The van der Waals surface area contributed by atoms with Crippen LogP contribution in [0.4, 0.5) is 0 Å². The number of nitrogens with one attached hydrogen (secondary N) is 1. The second-order valence-electron chi connectivity index (χ2n) is 6.42. The number of aromatic nitrogens is 2. The summed E-state index contributed by atoms with van der Waals surface area (Å²) < 4.78 is 16.1. The van der Waals surface area contributed by atoms with Gasteiger partial charge in [0, 0.05) is 37.0 Å². The monoisotopic (exact) mass is 407 g/mol. The Morgan fingerprint density at radius 2 is 1.80 bits per heavy atom. The lowest BCUT2D eigenvalue weighted by atomic mass is 10.1. The Hall–Kier alpha value is -3.45. The number of nitrogens with zero attached hydrogens (tertiary/aromatic N) is 2. The fourth-order valence-corrected chi connectivity index (χ4v) is 2.74. The third-order valence-electron chi connectivity index (χ3n) is 4.30. The van der Waals surface area contributed by atoms with Crippen LogP contribution in [0.5, 0.6) is 17.4 Å². The van der Waals surface area contributed by atoms with Crippen molar-refractivity contribution >= 4 is 5.91 Å². The molecule has 0 fully saturated rings. The zero-order chi connectivity index (χ0) is 21.2. The van der Waals surface area contributed by atoms with E-state index in [9.17, 15) is 4.79 Å². The van der Waals surface area contributed by atoms with Crippen molar-refractivity contribution in [3.8, 4) is 28.6 Å². The van der Waals surface area contributed by atoms with E-state index < -0.39 is 0 Å². The first-order valence-electron chi connectivity index (χ1n) is 9.81. The summed E-state index contributed by atoms with van der Waals surface area (Å²) in [5.41, 5.74) is 2.04. The first-order valence-corrected chi connectivity index (χ1v) is 9.81. The molecule has 0 saturated carbocycles. The van der Waals surface area contributed by atoms with Crippen molar-refractivity contribution in [1.29, 1.82) is 0 Å². The minimum atomic E-state index is -0.124. The van der Waals surface area contributed by atoms with Crippen molar-refractivity contribution < 1.29 is 19.0 Å². The van der Waals surface area contributed by atoms with Crippen LogP contribution in [0, 0.1) is 0 Å². The van der Waals surface area contributed by atoms with Crippen molar-refractivity contribution in [2.75, 3.05) is 26.9 Å². The summed E-state index contributed by atoms with van der Waals surface area (Å²) in [7, 11) is 1.61. The Labute approximate surface area is 176 Å². The smallest absolute Gasteiger partial charge is 0.251 e. The predicted molar refractivity (Wildman–Crippen MR) is 114 cm³/mol. The highest BCUT2D eigenvalue weighted by Gasteiger charge is 2.08. The molecule has 0 atom stereocenters. The van der Waals surface area contributed by atoms with Gasteiger partial charge in [-0.25, -0.2) is 0 Å². The van der Waals surface area contributed by atoms with Crippen LogP contribution >= 0.6 is 0 Å². The number of methoxy groups -OCH3 is 1. The maximum atomic E-state index is 12.3. The molecule has 7 nitrogen and oxygen atoms in total. The number of rotatable bonds is 10. The highest BCUT2D eigenvalue weighted by Crippen LogP contribution is 2.24. The highest BCUT2D eigenvalue weighted by atomic mass is 16.5. The second-order valence-corrected chi connectivity index (χ2v) is 6.42. The molecule has 0 aliphatic carbocycles. The van der Waals surface area contributed by atoms with Gasteiger partial charge in [0.1, 0.15) is 11.5 Å². The number of ether oxygens (including phenoxy) is 3. The Bertz CT molecular complexity index is 943. The van der Waals surface area contributed by atoms with Gasteiger partial charge in [0.05, 0.1) is 12.8 Å². The van der Waals surface area contributed by atoms with E-state index in [1.165, 1.54) is 0 Å². The fourth-order valence-electron chi connectivity index (χ4n) is 2.74. The molecule has 0 aliphatic rings. The van der Waals surface area contributed by atoms with Crippen LogP contribution in [0.3, 0.4) is 0 Å². The molecule has 0 aliphatic heterocycles. The summed E-state index contributed by atoms with van der Waals surface area (Å²) in [4.78, 5) is 12.3. The molecule has 7 heteroatoms. The first-order chi connectivity index (χ1) is 14.7. The quantitative estimate of drug-likeness (QED) is 0.510. The molecule has 2 aromatic carbocycles. The number of carbonyl (C=O) groups is 1. The van der Waals surface area contributed by atoms with E-state index in [0.717, 1.165) is 17.7 Å². The summed E-state index contributed by atoms with van der Waals surface area (Å²) in [6, 6.07) is 18.1. The molecular formula is C23H25N3O4. The predicted octanol–water partition coefficient (Wildman–Crippen LogP) is 4.10. The van der Waals surface area contributed by atoms with Gasteiger partial charge in [0.15, 0.2) is 0 Å². The van der Waals surface area contributed by atoms with Crippen molar-refractivity contribution in [3.05, 3.63) is 66.2 Å². The highest BCUT2D eigenvalue weighted by molar-refractivity contribution is 5.95. The Morgan fingerprint density at radius 3 is 2.50 bits per heavy atom. The van der Waals surface area contributed by atoms with E-state index in [1.54, 1.807) is 37.4 Å². The molecule has 0 saturated heterocycles. The van der Waals surface area contributed by atoms with E-state index in [4.69, 9.17) is 14.2 Å². The molecule has 1 N–H and O–H groups in total. The van der Waals surface area contributed by atoms with Gasteiger partial charge in [-0.05, 0) is 55.8 Å². The fraction of sp³-hybridized carbons (Fsp3) is 0.261. The van der Waals surface area contributed by atoms with Crippen LogP contribution in [-0.4, -0.2) is 43.0 Å². The summed E-state index contributed by atoms with van der Waals surface area (Å²) in [5, 5.41) is 11.3. The van der Waals surface area contributed by atoms with E-state index in [-0.39, 0.29) is 5.91 Å². The molecule has 3 rings (SSSR count). The topological polar surface area (TPSA) is 82.6 Å². The Kier molecular flexibility index (Phi) is 7.74. The van der Waals surface area contributed by atoms with Gasteiger partial charge in [0.25, 0.3) is 5.91 Å². The van der Waals surface area contributed by atoms with E-state index in [0.29, 0.717) is 42.6 Å². The van der Waals surface area contributed by atoms with Crippen LogP contribution in [0.2, 0.25) is 0 Å². The largest absolute Gasteiger partial charge is 0.497 e. The Morgan fingerprint density at radius 1 is 1.00 bits per heavy atom. The second kappa shape index (κ2) is 10.9. The summed E-state index contributed by atoms with van der Waals surface area (Å²) in [6.45, 7) is 3.84. The molecule has 0 bridgehead atoms. The first kappa shape index (κ1) is 21.3. The van der Waals surface area contributed by atoms with Crippen molar-refractivity contribution in [2.24, 2.45) is 0 Å². The van der Waals surface area contributed by atoms with Gasteiger partial charge in [-0.2, -0.15) is 0 Å². The van der Waals surface area contributed by atoms with Crippen LogP contribution in [0.25, 0.3) is 11.3 Å². The SMILES string of the molecule is CCOCCCNC(=O)c1cccc(-c2ccc(Oc3ccc(OC)cc3)nn2)c1. The molecule has 3 aromatic rings. The third kappa shape index (κ3) is 6.02. The standard InChI is InChI=1S/C23H25N3O4/c1-3-29-15-5-14-24-23(27)18-7-4-6-17(16-18)21-12-13-22(26-25-21)30-20-10-8-19(28-2)9-11-20/h4,6-13,16H,3,5,14-15H2,1-2H3,(H,24,27). The number of benzene rings is 2. The average Bonchev–Trinajstić information content (AvgIpc) is 2.80. The lowest BCUT2D eigenvalue weighted by molar-refractivity contribution is 0.0944. The van der Waals surface area contributed by atoms with E-state index in [2.05, 4.69) is 15.5 Å². The lowest BCUT2D eigenvalue weighted by Gasteiger charge is -2.08. The van der Waals surface area contributed by atoms with Gasteiger partial charge < -0.3 is 19.5 Å². The molecule has 0 unspecified atom stereocenters. The van der Waals surface area contributed by atoms with Gasteiger partial charge in [-0.15, -0.1) is 10.2 Å². The average molecular weight is 407 g/mol. The van der Waals surface area contributed by atoms with Crippen molar-refractivity contribution in [2.45, 2.75) is 13.3 Å². The molecule has 1 heterocycles. The molecule has 0 spiro atoms. The lowest BCUT2D eigenvalue weighted by Crippen LogP contribution is -2.25. The molecule has 0 radical (unpaired) electrons. The zero-order valence-corrected chi connectivity index (χ0v) is 17.1. The van der Waals surface area contributed by atoms with E-state index in [1.807, 2.05) is 37.3 Å². The normalized spacial score (nSPS) is 10.5. The van der Waals surface area contributed by atoms with Crippen LogP contribution in [0.1, 0.15) is 23.7 Å². The van der Waals surface area contributed by atoms with Crippen LogP contribution in [-0.2, 0) is 4.74 Å². The molecule has 156 valence electrons. The van der Waals surface area contributed by atoms with Gasteiger partial charge in [0.2, 0.25) is 5.88 Å². The summed E-state index contributed by atoms with van der Waals surface area (Å²) >= 11 is 0. The Balaban J connectivity index is 1.61. The van der Waals surface area contributed by atoms with E-state index >= 15 is 0 Å². The minimum absolute atomic E-state index is 0.124. The van der Waals surface area contributed by atoms with Crippen molar-refractivity contribution in [1.82, 2.24) is 15.5 Å². The summed E-state index contributed by atoms with van der Waals surface area (Å²) in [6.07, 6.45) is 0.778. The minimum Gasteiger partial charge on any atom is -0.497 e. The molecular weight excluding hydrogens is 382 g/mol. The number of amides is 1. The van der Waals surface area contributed by atoms with Gasteiger partial charge in [-0.3, -0.25) is 4.79 Å². The van der Waals surface area contributed by atoms with Crippen LogP contribution in [0.15, 0.2) is 60.7 Å². The summed E-state index contributed by atoms with van der Waals surface area (Å²) in [5.74, 6) is 1.65. The molecule has 1 aromatic heterocycles. The van der Waals surface area contributed by atoms with Gasteiger partial charge in [-0.1, -0.05) is 12.1 Å². The molecule has 1 amide bonds. The number of hydrogen-bond donors (Lipinski definition) is 1. The third-order valence-corrected chi connectivity index (χ3v) is 4.30. The van der Waals surface area contributed by atoms with Gasteiger partial charge >= 0.3 is 0 Å². The van der Waals surface area contributed by atoms with Crippen LogP contribution < -0.4 is 14.8 Å². The zero-order valence-electron chi connectivity index (χ0n) is 17.1. The number of carbonyl (C=O) groups excluding carboxylic acids is 1.